The zero-order valence-electron chi connectivity index (χ0n) is 32.0. The molecule has 0 rings (SSSR count). The highest BCUT2D eigenvalue weighted by Crippen LogP contribution is 2.16. The minimum absolute atomic E-state index is 0.0560. The molecule has 0 amide bonds. The molecule has 1 atom stereocenters. The van der Waals surface area contributed by atoms with E-state index >= 15 is 0 Å². The van der Waals surface area contributed by atoms with Crippen molar-refractivity contribution < 1.29 is 33.3 Å². The Bertz CT molecular complexity index is 732. The zero-order valence-corrected chi connectivity index (χ0v) is 32.0. The van der Waals surface area contributed by atoms with Gasteiger partial charge in [-0.25, -0.2) is 4.79 Å². The van der Waals surface area contributed by atoms with Gasteiger partial charge in [0, 0.05) is 25.8 Å². The number of hydrogen-bond donors (Lipinski definition) is 0. The topological polar surface area (TPSA) is 91.4 Å². The van der Waals surface area contributed by atoms with Crippen LogP contribution < -0.4 is 0 Å². The van der Waals surface area contributed by atoms with E-state index in [1.54, 1.807) is 0 Å². The van der Waals surface area contributed by atoms with Crippen LogP contribution in [0.5, 0.6) is 0 Å². The van der Waals surface area contributed by atoms with Gasteiger partial charge in [-0.2, -0.15) is 0 Å². The van der Waals surface area contributed by atoms with Gasteiger partial charge in [-0.1, -0.05) is 136 Å². The van der Waals surface area contributed by atoms with Gasteiger partial charge in [0.05, 0.1) is 19.8 Å². The van der Waals surface area contributed by atoms with Crippen molar-refractivity contribution in [3.63, 3.8) is 0 Å². The smallest absolute Gasteiger partial charge is 0.466 e. The Morgan fingerprint density at radius 1 is 0.479 bits per heavy atom. The van der Waals surface area contributed by atoms with Crippen molar-refractivity contribution >= 4 is 18.1 Å². The van der Waals surface area contributed by atoms with Crippen molar-refractivity contribution in [2.75, 3.05) is 40.0 Å². The quantitative estimate of drug-likeness (QED) is 0.0366. The highest BCUT2D eigenvalue weighted by molar-refractivity contribution is 5.69. The number of rotatable bonds is 36. The molecule has 0 bridgehead atoms. The lowest BCUT2D eigenvalue weighted by atomic mass is 10.0. The normalized spacial score (nSPS) is 11.9. The van der Waals surface area contributed by atoms with E-state index < -0.39 is 6.16 Å². The molecule has 48 heavy (non-hydrogen) atoms. The standard InChI is InChI=1S/C40H77NO7/c1-5-8-10-12-13-14-15-17-21-24-29-37(48-40(44)47-35-28-33-41(4)7-3)32-36-46-39(43)31-26-22-18-16-19-23-27-34-45-38(42)30-25-20-11-9-6-2/h37H,5-36H2,1-4H3. The second-order valence-electron chi connectivity index (χ2n) is 13.7. The molecular weight excluding hydrogens is 606 g/mol. The monoisotopic (exact) mass is 684 g/mol. The Morgan fingerprint density at radius 3 is 1.44 bits per heavy atom. The van der Waals surface area contributed by atoms with Crippen molar-refractivity contribution in [3.05, 3.63) is 0 Å². The van der Waals surface area contributed by atoms with Gasteiger partial charge in [0.1, 0.15) is 6.10 Å². The molecule has 8 nitrogen and oxygen atoms in total. The van der Waals surface area contributed by atoms with Gasteiger partial charge in [-0.05, 0) is 52.1 Å². The average molecular weight is 684 g/mol. The molecule has 0 saturated carbocycles. The molecule has 284 valence electrons. The highest BCUT2D eigenvalue weighted by atomic mass is 16.7. The first-order chi connectivity index (χ1) is 23.4. The highest BCUT2D eigenvalue weighted by Gasteiger charge is 2.17. The molecule has 0 aliphatic rings. The van der Waals surface area contributed by atoms with Crippen molar-refractivity contribution in [2.45, 2.75) is 200 Å². The van der Waals surface area contributed by atoms with Crippen LogP contribution in [-0.4, -0.2) is 69.1 Å². The molecule has 0 N–H and O–H groups in total. The van der Waals surface area contributed by atoms with E-state index in [1.165, 1.54) is 70.6 Å². The third-order valence-corrected chi connectivity index (χ3v) is 9.06. The SMILES string of the molecule is CCCCCCCCCCCCC(CCOC(=O)CCCCCCCCCOC(=O)CCCCCCC)OC(=O)OCCCN(C)CC. The summed E-state index contributed by atoms with van der Waals surface area (Å²) in [5, 5.41) is 0. The van der Waals surface area contributed by atoms with Crippen molar-refractivity contribution in [1.29, 1.82) is 0 Å². The Balaban J connectivity index is 4.06. The second-order valence-corrected chi connectivity index (χ2v) is 13.7. The molecule has 0 radical (unpaired) electrons. The van der Waals surface area contributed by atoms with Crippen LogP contribution in [0.2, 0.25) is 0 Å². The maximum Gasteiger partial charge on any atom is 0.508 e. The number of ether oxygens (including phenoxy) is 4. The largest absolute Gasteiger partial charge is 0.508 e. The lowest BCUT2D eigenvalue weighted by Gasteiger charge is -2.18. The second kappa shape index (κ2) is 36.5. The third kappa shape index (κ3) is 34.0. The first kappa shape index (κ1) is 46.2. The van der Waals surface area contributed by atoms with Gasteiger partial charge in [-0.15, -0.1) is 0 Å². The molecule has 0 aromatic carbocycles. The summed E-state index contributed by atoms with van der Waals surface area (Å²) in [5.41, 5.74) is 0. The predicted molar refractivity (Wildman–Crippen MR) is 197 cm³/mol. The van der Waals surface area contributed by atoms with Crippen LogP contribution in [0, 0.1) is 0 Å². The Kier molecular flexibility index (Phi) is 35.1. The lowest BCUT2D eigenvalue weighted by molar-refractivity contribution is -0.145. The maximum atomic E-state index is 12.4. The molecule has 1 unspecified atom stereocenters. The molecule has 0 aromatic rings. The molecule has 8 heteroatoms. The van der Waals surface area contributed by atoms with Gasteiger partial charge >= 0.3 is 18.1 Å². The van der Waals surface area contributed by atoms with E-state index in [0.29, 0.717) is 32.5 Å². The summed E-state index contributed by atoms with van der Waals surface area (Å²) in [6.07, 6.45) is 27.5. The minimum atomic E-state index is -0.619. The molecule has 0 spiro atoms. The molecule has 0 heterocycles. The van der Waals surface area contributed by atoms with Crippen LogP contribution in [-0.2, 0) is 28.5 Å². The first-order valence-corrected chi connectivity index (χ1v) is 20.3. The van der Waals surface area contributed by atoms with Crippen molar-refractivity contribution in [3.8, 4) is 0 Å². The number of hydrogen-bond acceptors (Lipinski definition) is 8. The number of nitrogens with zero attached hydrogens (tertiary/aromatic N) is 1. The van der Waals surface area contributed by atoms with E-state index in [0.717, 1.165) is 96.6 Å². The van der Waals surface area contributed by atoms with Gasteiger partial charge in [-0.3, -0.25) is 9.59 Å². The fourth-order valence-electron chi connectivity index (χ4n) is 5.70. The fraction of sp³-hybridized carbons (Fsp3) is 0.925. The van der Waals surface area contributed by atoms with Gasteiger partial charge in [0.15, 0.2) is 0 Å². The van der Waals surface area contributed by atoms with Gasteiger partial charge in [0.2, 0.25) is 0 Å². The number of carbonyl (C=O) groups excluding carboxylic acids is 3. The van der Waals surface area contributed by atoms with E-state index in [2.05, 4.69) is 25.7 Å². The Morgan fingerprint density at radius 2 is 0.917 bits per heavy atom. The van der Waals surface area contributed by atoms with E-state index in [1.807, 2.05) is 7.05 Å². The van der Waals surface area contributed by atoms with E-state index in [9.17, 15) is 14.4 Å². The Hall–Kier alpha value is -1.83. The molecule has 0 fully saturated rings. The molecule has 0 aromatic heterocycles. The molecular formula is C40H77NO7. The zero-order chi connectivity index (χ0) is 35.3. The average Bonchev–Trinajstić information content (AvgIpc) is 3.07. The molecule has 0 aliphatic carbocycles. The van der Waals surface area contributed by atoms with Gasteiger partial charge in [0.25, 0.3) is 0 Å². The van der Waals surface area contributed by atoms with Crippen molar-refractivity contribution in [1.82, 2.24) is 4.90 Å². The van der Waals surface area contributed by atoms with Crippen LogP contribution >= 0.6 is 0 Å². The van der Waals surface area contributed by atoms with E-state index in [-0.39, 0.29) is 24.6 Å². The summed E-state index contributed by atoms with van der Waals surface area (Å²) in [7, 11) is 2.05. The third-order valence-electron chi connectivity index (χ3n) is 9.06. The summed E-state index contributed by atoms with van der Waals surface area (Å²) in [6.45, 7) is 9.52. The Labute approximate surface area is 296 Å². The predicted octanol–water partition coefficient (Wildman–Crippen LogP) is 11.1. The van der Waals surface area contributed by atoms with Crippen molar-refractivity contribution in [2.24, 2.45) is 0 Å². The number of esters is 2. The summed E-state index contributed by atoms with van der Waals surface area (Å²) in [6, 6.07) is 0. The minimum Gasteiger partial charge on any atom is -0.466 e. The van der Waals surface area contributed by atoms with Crippen LogP contribution in [0.15, 0.2) is 0 Å². The van der Waals surface area contributed by atoms with Gasteiger partial charge < -0.3 is 23.8 Å². The molecule has 0 saturated heterocycles. The number of unbranched alkanes of at least 4 members (excludes halogenated alkanes) is 19. The summed E-state index contributed by atoms with van der Waals surface area (Å²) >= 11 is 0. The maximum absolute atomic E-state index is 12.4. The number of carbonyl (C=O) groups is 3. The lowest BCUT2D eigenvalue weighted by Crippen LogP contribution is -2.23. The summed E-state index contributed by atoms with van der Waals surface area (Å²) in [5.74, 6) is -0.234. The van der Waals surface area contributed by atoms with Crippen LogP contribution in [0.3, 0.4) is 0 Å². The van der Waals surface area contributed by atoms with Crippen LogP contribution in [0.4, 0.5) is 4.79 Å². The van der Waals surface area contributed by atoms with Crippen LogP contribution in [0.1, 0.15) is 194 Å². The fourth-order valence-corrected chi connectivity index (χ4v) is 5.70. The van der Waals surface area contributed by atoms with Crippen LogP contribution in [0.25, 0.3) is 0 Å². The van der Waals surface area contributed by atoms with E-state index in [4.69, 9.17) is 18.9 Å². The summed E-state index contributed by atoms with van der Waals surface area (Å²) < 4.78 is 21.8. The summed E-state index contributed by atoms with van der Waals surface area (Å²) in [4.78, 5) is 38.6. The first-order valence-electron chi connectivity index (χ1n) is 20.3. The molecule has 0 aliphatic heterocycles.